The molecule has 0 aromatic rings. The highest BCUT2D eigenvalue weighted by molar-refractivity contribution is 5.48. The number of aliphatic hydroxyl groups excluding tert-OH is 1. The lowest BCUT2D eigenvalue weighted by atomic mass is 10.2. The Bertz CT molecular complexity index is 154. The van der Waals surface area contributed by atoms with Crippen molar-refractivity contribution < 1.29 is 14.6 Å². The summed E-state index contributed by atoms with van der Waals surface area (Å²) in [4.78, 5) is 9.74. The number of hydrogen-bond donors (Lipinski definition) is 4. The van der Waals surface area contributed by atoms with E-state index in [1.54, 1.807) is 0 Å². The van der Waals surface area contributed by atoms with Crippen LogP contribution in [-0.4, -0.2) is 43.9 Å². The molecule has 0 spiro atoms. The second kappa shape index (κ2) is 12.5. The first kappa shape index (κ1) is 17.9. The Morgan fingerprint density at radius 1 is 1.31 bits per heavy atom. The third kappa shape index (κ3) is 15.9. The number of methoxy groups -OCH3 is 1. The first-order chi connectivity index (χ1) is 7.54. The van der Waals surface area contributed by atoms with Crippen LogP contribution in [0, 0.1) is 0 Å². The molecular formula is C10H25N3O3. The number of rotatable bonds is 8. The summed E-state index contributed by atoms with van der Waals surface area (Å²) in [6.07, 6.45) is 4.79. The lowest BCUT2D eigenvalue weighted by Gasteiger charge is -2.19. The van der Waals surface area contributed by atoms with E-state index >= 15 is 0 Å². The molecule has 16 heavy (non-hydrogen) atoms. The monoisotopic (exact) mass is 235 g/mol. The van der Waals surface area contributed by atoms with Gasteiger partial charge in [0.25, 0.3) is 0 Å². The molecule has 0 heterocycles. The van der Waals surface area contributed by atoms with Crippen molar-refractivity contribution in [3.8, 4) is 0 Å². The summed E-state index contributed by atoms with van der Waals surface area (Å²) in [6.45, 7) is 0.656. The standard InChI is InChI=1S/C6H13NO.C4H12N2O2/c7-5-3-1-2-4-6-8;1-8-3-4(5,6)2-7/h6H,1-5,7H2;7H,2-3,5-6H2,1H3. The van der Waals surface area contributed by atoms with Crippen LogP contribution >= 0.6 is 0 Å². The van der Waals surface area contributed by atoms with Gasteiger partial charge in [-0.25, -0.2) is 0 Å². The van der Waals surface area contributed by atoms with E-state index in [2.05, 4.69) is 4.74 Å². The summed E-state index contributed by atoms with van der Waals surface area (Å²) in [6, 6.07) is 0. The van der Waals surface area contributed by atoms with E-state index in [1.807, 2.05) is 0 Å². The fraction of sp³-hybridized carbons (Fsp3) is 0.900. The molecule has 0 aromatic carbocycles. The maximum Gasteiger partial charge on any atom is 0.119 e. The van der Waals surface area contributed by atoms with Gasteiger partial charge in [0.05, 0.1) is 13.2 Å². The number of carbonyl (C=O) groups excluding carboxylic acids is 1. The Hall–Kier alpha value is -0.530. The number of carbonyl (C=O) groups is 1. The van der Waals surface area contributed by atoms with Gasteiger partial charge >= 0.3 is 0 Å². The molecule has 0 rings (SSSR count). The highest BCUT2D eigenvalue weighted by Gasteiger charge is 2.15. The van der Waals surface area contributed by atoms with Crippen molar-refractivity contribution >= 4 is 6.29 Å². The van der Waals surface area contributed by atoms with Crippen LogP contribution in [0.3, 0.4) is 0 Å². The van der Waals surface area contributed by atoms with Gasteiger partial charge < -0.3 is 31.8 Å². The van der Waals surface area contributed by atoms with Crippen LogP contribution in [0.5, 0.6) is 0 Å². The van der Waals surface area contributed by atoms with E-state index in [0.717, 1.165) is 32.1 Å². The number of nitrogens with two attached hydrogens (primary N) is 3. The quantitative estimate of drug-likeness (QED) is 0.241. The molecule has 0 aliphatic rings. The van der Waals surface area contributed by atoms with E-state index in [1.165, 1.54) is 7.11 Å². The second-order valence-electron chi connectivity index (χ2n) is 3.63. The zero-order chi connectivity index (χ0) is 12.9. The van der Waals surface area contributed by atoms with E-state index in [-0.39, 0.29) is 13.2 Å². The van der Waals surface area contributed by atoms with Gasteiger partial charge in [0.15, 0.2) is 0 Å². The minimum Gasteiger partial charge on any atom is -0.393 e. The lowest BCUT2D eigenvalue weighted by molar-refractivity contribution is -0.107. The summed E-state index contributed by atoms with van der Waals surface area (Å²) in [5.41, 5.74) is 14.6. The van der Waals surface area contributed by atoms with Crippen molar-refractivity contribution in [2.24, 2.45) is 17.2 Å². The fourth-order valence-electron chi connectivity index (χ4n) is 0.863. The smallest absolute Gasteiger partial charge is 0.119 e. The molecule has 0 aromatic heterocycles. The first-order valence-corrected chi connectivity index (χ1v) is 5.35. The summed E-state index contributed by atoms with van der Waals surface area (Å²) < 4.78 is 4.59. The van der Waals surface area contributed by atoms with Crippen LogP contribution in [0.15, 0.2) is 0 Å². The molecule has 0 unspecified atom stereocenters. The molecule has 0 atom stereocenters. The highest BCUT2D eigenvalue weighted by atomic mass is 16.5. The van der Waals surface area contributed by atoms with Crippen molar-refractivity contribution in [3.05, 3.63) is 0 Å². The zero-order valence-electron chi connectivity index (χ0n) is 10.0. The van der Waals surface area contributed by atoms with E-state index in [9.17, 15) is 4.79 Å². The predicted molar refractivity (Wildman–Crippen MR) is 63.7 cm³/mol. The summed E-state index contributed by atoms with van der Waals surface area (Å²) in [5, 5.41) is 8.40. The number of unbranched alkanes of at least 4 members (excludes halogenated alkanes) is 3. The van der Waals surface area contributed by atoms with Gasteiger partial charge in [0.2, 0.25) is 0 Å². The Morgan fingerprint density at radius 3 is 2.25 bits per heavy atom. The van der Waals surface area contributed by atoms with Gasteiger partial charge in [0.1, 0.15) is 11.9 Å². The van der Waals surface area contributed by atoms with Crippen molar-refractivity contribution in [1.29, 1.82) is 0 Å². The average molecular weight is 235 g/mol. The Labute approximate surface area is 97.1 Å². The van der Waals surface area contributed by atoms with Crippen molar-refractivity contribution in [2.45, 2.75) is 31.3 Å². The van der Waals surface area contributed by atoms with Crippen LogP contribution in [0.2, 0.25) is 0 Å². The molecule has 6 nitrogen and oxygen atoms in total. The molecule has 98 valence electrons. The third-order valence-electron chi connectivity index (χ3n) is 1.73. The fourth-order valence-corrected chi connectivity index (χ4v) is 0.863. The molecule has 7 N–H and O–H groups in total. The van der Waals surface area contributed by atoms with Crippen molar-refractivity contribution in [3.63, 3.8) is 0 Å². The first-order valence-electron chi connectivity index (χ1n) is 5.35. The number of hydrogen-bond acceptors (Lipinski definition) is 6. The summed E-state index contributed by atoms with van der Waals surface area (Å²) >= 11 is 0. The van der Waals surface area contributed by atoms with Gasteiger partial charge in [-0.1, -0.05) is 6.42 Å². The van der Waals surface area contributed by atoms with Gasteiger partial charge in [-0.05, 0) is 19.4 Å². The summed E-state index contributed by atoms with van der Waals surface area (Å²) in [5.74, 6) is 0. The maximum absolute atomic E-state index is 9.74. The Morgan fingerprint density at radius 2 is 1.94 bits per heavy atom. The summed E-state index contributed by atoms with van der Waals surface area (Å²) in [7, 11) is 1.48. The molecule has 0 radical (unpaired) electrons. The van der Waals surface area contributed by atoms with E-state index in [0.29, 0.717) is 6.42 Å². The molecule has 0 aliphatic heterocycles. The number of aliphatic hydroxyl groups is 1. The SMILES string of the molecule is COCC(N)(N)CO.NCCCCCC=O. The van der Waals surface area contributed by atoms with Crippen molar-refractivity contribution in [2.75, 3.05) is 26.9 Å². The minimum atomic E-state index is -1.07. The normalized spacial score (nSPS) is 10.6. The predicted octanol–water partition coefficient (Wildman–Crippen LogP) is -1.06. The highest BCUT2D eigenvalue weighted by Crippen LogP contribution is 1.94. The minimum absolute atomic E-state index is 0.170. The zero-order valence-corrected chi connectivity index (χ0v) is 10.0. The molecule has 0 fully saturated rings. The second-order valence-corrected chi connectivity index (χ2v) is 3.63. The van der Waals surface area contributed by atoms with Crippen LogP contribution in [0.25, 0.3) is 0 Å². The maximum atomic E-state index is 9.74. The van der Waals surface area contributed by atoms with Gasteiger partial charge in [-0.2, -0.15) is 0 Å². The average Bonchev–Trinajstić information content (AvgIpc) is 2.26. The van der Waals surface area contributed by atoms with Crippen LogP contribution in [0.1, 0.15) is 25.7 Å². The molecule has 0 saturated heterocycles. The molecule has 0 bridgehead atoms. The lowest BCUT2D eigenvalue weighted by Crippen LogP contribution is -2.56. The van der Waals surface area contributed by atoms with E-state index in [4.69, 9.17) is 22.3 Å². The molecule has 0 aliphatic carbocycles. The van der Waals surface area contributed by atoms with Gasteiger partial charge in [-0.15, -0.1) is 0 Å². The van der Waals surface area contributed by atoms with Crippen LogP contribution < -0.4 is 17.2 Å². The number of ether oxygens (including phenoxy) is 1. The molecule has 6 heteroatoms. The molecule has 0 saturated carbocycles. The topological polar surface area (TPSA) is 125 Å². The molecular weight excluding hydrogens is 210 g/mol. The largest absolute Gasteiger partial charge is 0.393 e. The van der Waals surface area contributed by atoms with Gasteiger partial charge in [-0.3, -0.25) is 0 Å². The molecule has 0 amide bonds. The Kier molecular flexibility index (Phi) is 14.0. The Balaban J connectivity index is 0. The van der Waals surface area contributed by atoms with Gasteiger partial charge in [0, 0.05) is 13.5 Å². The van der Waals surface area contributed by atoms with E-state index < -0.39 is 5.66 Å². The van der Waals surface area contributed by atoms with Crippen LogP contribution in [-0.2, 0) is 9.53 Å². The van der Waals surface area contributed by atoms with Crippen LogP contribution in [0.4, 0.5) is 0 Å². The third-order valence-corrected chi connectivity index (χ3v) is 1.73. The number of aldehydes is 1. The van der Waals surface area contributed by atoms with Crippen molar-refractivity contribution in [1.82, 2.24) is 0 Å².